The first-order chi connectivity index (χ1) is 9.97. The van der Waals surface area contributed by atoms with E-state index in [0.29, 0.717) is 11.6 Å². The predicted octanol–water partition coefficient (Wildman–Crippen LogP) is 0.763. The minimum atomic E-state index is -1.15. The lowest BCUT2D eigenvalue weighted by Gasteiger charge is -2.06. The van der Waals surface area contributed by atoms with Crippen LogP contribution in [0.5, 0.6) is 0 Å². The van der Waals surface area contributed by atoms with Gasteiger partial charge in [-0.05, 0) is 13.0 Å². The van der Waals surface area contributed by atoms with Crippen LogP contribution >= 0.6 is 11.6 Å². The van der Waals surface area contributed by atoms with E-state index in [2.05, 4.69) is 20.6 Å². The van der Waals surface area contributed by atoms with Gasteiger partial charge in [0, 0.05) is 18.4 Å². The van der Waals surface area contributed by atoms with E-state index in [1.807, 2.05) is 0 Å². The number of pyridine rings is 1. The molecule has 110 valence electrons. The minimum Gasteiger partial charge on any atom is -0.476 e. The Hall–Kier alpha value is -2.48. The number of aromatic carboxylic acids is 1. The van der Waals surface area contributed by atoms with Crippen molar-refractivity contribution in [3.05, 3.63) is 40.4 Å². The molecule has 0 bridgehead atoms. The average molecular weight is 310 g/mol. The molecule has 21 heavy (non-hydrogen) atoms. The lowest BCUT2D eigenvalue weighted by Crippen LogP contribution is -2.27. The van der Waals surface area contributed by atoms with Crippen LogP contribution < -0.4 is 5.32 Å². The van der Waals surface area contributed by atoms with Crippen molar-refractivity contribution in [1.29, 1.82) is 0 Å². The van der Waals surface area contributed by atoms with Gasteiger partial charge >= 0.3 is 5.97 Å². The molecular weight excluding hydrogens is 298 g/mol. The van der Waals surface area contributed by atoms with Crippen molar-refractivity contribution in [2.24, 2.45) is 0 Å². The highest BCUT2D eigenvalue weighted by Gasteiger charge is 2.11. The summed E-state index contributed by atoms with van der Waals surface area (Å²) in [5.74, 6) is -1.51. The van der Waals surface area contributed by atoms with Gasteiger partial charge in [0.15, 0.2) is 5.69 Å². The molecular formula is C12H12ClN5O3. The lowest BCUT2D eigenvalue weighted by atomic mass is 10.2. The fraction of sp³-hybridized carbons (Fsp3) is 0.250. The number of amides is 1. The highest BCUT2D eigenvalue weighted by Crippen LogP contribution is 2.15. The number of rotatable bonds is 5. The lowest BCUT2D eigenvalue weighted by molar-refractivity contribution is 0.0690. The van der Waals surface area contributed by atoms with Crippen molar-refractivity contribution in [1.82, 2.24) is 25.3 Å². The van der Waals surface area contributed by atoms with Gasteiger partial charge in [-0.25, -0.2) is 9.48 Å². The maximum absolute atomic E-state index is 11.9. The maximum atomic E-state index is 11.9. The third-order valence-corrected chi connectivity index (χ3v) is 2.93. The monoisotopic (exact) mass is 309 g/mol. The van der Waals surface area contributed by atoms with Crippen LogP contribution in [0.3, 0.4) is 0 Å². The van der Waals surface area contributed by atoms with E-state index in [-0.39, 0.29) is 23.7 Å². The molecule has 2 rings (SSSR count). The molecule has 0 aromatic carbocycles. The van der Waals surface area contributed by atoms with E-state index >= 15 is 0 Å². The Kier molecular flexibility index (Phi) is 4.49. The van der Waals surface area contributed by atoms with Crippen LogP contribution in [0, 0.1) is 6.92 Å². The van der Waals surface area contributed by atoms with E-state index in [0.717, 1.165) is 5.69 Å². The molecule has 0 atom stereocenters. The number of carbonyl (C=O) groups is 2. The van der Waals surface area contributed by atoms with E-state index in [9.17, 15) is 9.59 Å². The molecule has 0 aliphatic rings. The second-order valence-corrected chi connectivity index (χ2v) is 4.64. The van der Waals surface area contributed by atoms with Gasteiger partial charge in [0.25, 0.3) is 5.91 Å². The number of carbonyl (C=O) groups excluding carboxylic acids is 1. The Morgan fingerprint density at radius 2 is 2.24 bits per heavy atom. The molecule has 0 saturated carbocycles. The van der Waals surface area contributed by atoms with Crippen molar-refractivity contribution in [3.8, 4) is 0 Å². The summed E-state index contributed by atoms with van der Waals surface area (Å²) in [5, 5.41) is 18.8. The smallest absolute Gasteiger partial charge is 0.358 e. The maximum Gasteiger partial charge on any atom is 0.358 e. The van der Waals surface area contributed by atoms with Crippen molar-refractivity contribution in [2.75, 3.05) is 6.54 Å². The van der Waals surface area contributed by atoms with Crippen LogP contribution in [0.25, 0.3) is 0 Å². The zero-order valence-corrected chi connectivity index (χ0v) is 11.8. The number of carboxylic acid groups (broad SMARTS) is 1. The molecule has 0 spiro atoms. The summed E-state index contributed by atoms with van der Waals surface area (Å²) in [5.41, 5.74) is 0.861. The van der Waals surface area contributed by atoms with Crippen molar-refractivity contribution >= 4 is 23.5 Å². The Balaban J connectivity index is 1.90. The summed E-state index contributed by atoms with van der Waals surface area (Å²) in [7, 11) is 0. The second kappa shape index (κ2) is 6.31. The van der Waals surface area contributed by atoms with Gasteiger partial charge in [-0.3, -0.25) is 9.78 Å². The van der Waals surface area contributed by atoms with Crippen LogP contribution in [-0.2, 0) is 6.54 Å². The van der Waals surface area contributed by atoms with Gasteiger partial charge in [-0.15, -0.1) is 5.10 Å². The van der Waals surface area contributed by atoms with E-state index < -0.39 is 5.97 Å². The molecule has 0 saturated heterocycles. The van der Waals surface area contributed by atoms with Gasteiger partial charge < -0.3 is 10.4 Å². The predicted molar refractivity (Wildman–Crippen MR) is 73.3 cm³/mol. The summed E-state index contributed by atoms with van der Waals surface area (Å²) in [6, 6.07) is 1.60. The number of hydrogen-bond acceptors (Lipinski definition) is 5. The number of aromatic nitrogens is 4. The number of halogens is 1. The van der Waals surface area contributed by atoms with Gasteiger partial charge in [0.05, 0.1) is 23.3 Å². The SMILES string of the molecule is Cc1cc(Cl)c(C(=O)NCCn2cc(C(=O)O)nn2)cn1. The molecule has 0 aliphatic heterocycles. The first-order valence-electron chi connectivity index (χ1n) is 6.01. The summed E-state index contributed by atoms with van der Waals surface area (Å²) < 4.78 is 1.33. The number of carboxylic acids is 1. The van der Waals surface area contributed by atoms with E-state index in [4.69, 9.17) is 16.7 Å². The topological polar surface area (TPSA) is 110 Å². The first kappa shape index (κ1) is 14.9. The Labute approximate surface area is 124 Å². The number of hydrogen-bond donors (Lipinski definition) is 2. The van der Waals surface area contributed by atoms with Crippen molar-refractivity contribution in [2.45, 2.75) is 13.5 Å². The largest absolute Gasteiger partial charge is 0.476 e. The van der Waals surface area contributed by atoms with E-state index in [1.165, 1.54) is 17.1 Å². The molecule has 2 heterocycles. The van der Waals surface area contributed by atoms with Crippen molar-refractivity contribution < 1.29 is 14.7 Å². The number of nitrogens with one attached hydrogen (secondary N) is 1. The standard InChI is InChI=1S/C12H12ClN5O3/c1-7-4-9(13)8(5-15-7)11(19)14-2-3-18-6-10(12(20)21)16-17-18/h4-6H,2-3H2,1H3,(H,14,19)(H,20,21). The van der Waals surface area contributed by atoms with Crippen molar-refractivity contribution in [3.63, 3.8) is 0 Å². The molecule has 2 aromatic heterocycles. The third-order valence-electron chi connectivity index (χ3n) is 2.62. The van der Waals surface area contributed by atoms with Gasteiger partial charge in [-0.2, -0.15) is 0 Å². The van der Waals surface area contributed by atoms with Crippen LogP contribution in [0.4, 0.5) is 0 Å². The molecule has 0 fully saturated rings. The average Bonchev–Trinajstić information content (AvgIpc) is 2.87. The molecule has 2 aromatic rings. The fourth-order valence-electron chi connectivity index (χ4n) is 1.58. The highest BCUT2D eigenvalue weighted by molar-refractivity contribution is 6.33. The molecule has 2 N–H and O–H groups in total. The Morgan fingerprint density at radius 1 is 1.48 bits per heavy atom. The van der Waals surface area contributed by atoms with Gasteiger partial charge in [0.2, 0.25) is 0 Å². The minimum absolute atomic E-state index is 0.146. The zero-order valence-electron chi connectivity index (χ0n) is 11.1. The number of nitrogens with zero attached hydrogens (tertiary/aromatic N) is 4. The van der Waals surface area contributed by atoms with Crippen LogP contribution in [0.1, 0.15) is 26.5 Å². The van der Waals surface area contributed by atoms with Gasteiger partial charge in [-0.1, -0.05) is 16.8 Å². The van der Waals surface area contributed by atoms with E-state index in [1.54, 1.807) is 13.0 Å². The zero-order chi connectivity index (χ0) is 15.4. The highest BCUT2D eigenvalue weighted by atomic mass is 35.5. The summed E-state index contributed by atoms with van der Waals surface area (Å²) in [6.45, 7) is 2.33. The molecule has 0 unspecified atom stereocenters. The quantitative estimate of drug-likeness (QED) is 0.844. The summed E-state index contributed by atoms with van der Waals surface area (Å²) in [4.78, 5) is 26.6. The van der Waals surface area contributed by atoms with Gasteiger partial charge in [0.1, 0.15) is 0 Å². The Morgan fingerprint density at radius 3 is 2.86 bits per heavy atom. The van der Waals surface area contributed by atoms with Crippen LogP contribution in [0.15, 0.2) is 18.5 Å². The molecule has 0 radical (unpaired) electrons. The Bertz CT molecular complexity index is 685. The molecule has 9 heteroatoms. The molecule has 8 nitrogen and oxygen atoms in total. The fourth-order valence-corrected chi connectivity index (χ4v) is 1.87. The third kappa shape index (κ3) is 3.76. The van der Waals surface area contributed by atoms with Crippen LogP contribution in [0.2, 0.25) is 5.02 Å². The first-order valence-corrected chi connectivity index (χ1v) is 6.39. The van der Waals surface area contributed by atoms with Crippen LogP contribution in [-0.4, -0.2) is 43.5 Å². The summed E-state index contributed by atoms with van der Waals surface area (Å²) in [6.07, 6.45) is 2.69. The molecule has 0 aliphatic carbocycles. The summed E-state index contributed by atoms with van der Waals surface area (Å²) >= 11 is 5.96. The number of aryl methyl sites for hydroxylation is 1. The second-order valence-electron chi connectivity index (χ2n) is 4.23. The molecule has 1 amide bonds. The normalized spacial score (nSPS) is 10.4.